The highest BCUT2D eigenvalue weighted by Gasteiger charge is 2.08. The Morgan fingerprint density at radius 1 is 1.00 bits per heavy atom. The van der Waals surface area contributed by atoms with E-state index in [4.69, 9.17) is 11.6 Å². The number of nitrogens with zero attached hydrogens (tertiary/aromatic N) is 2. The van der Waals surface area contributed by atoms with E-state index in [-0.39, 0.29) is 17.4 Å². The van der Waals surface area contributed by atoms with E-state index in [0.717, 1.165) is 11.3 Å². The minimum Gasteiger partial charge on any atom is -0.350 e. The van der Waals surface area contributed by atoms with Crippen molar-refractivity contribution in [1.82, 2.24) is 15.3 Å². The lowest BCUT2D eigenvalue weighted by molar-refractivity contribution is 0.0949. The molecule has 0 spiro atoms. The number of hydrogen-bond donors (Lipinski definition) is 2. The smallest absolute Gasteiger partial charge is 0.271 e. The molecule has 0 aliphatic carbocycles. The molecule has 0 unspecified atom stereocenters. The Kier molecular flexibility index (Phi) is 5.76. The summed E-state index contributed by atoms with van der Waals surface area (Å²) in [7, 11) is 0. The molecular formula is C19H16ClFN4O. The first-order chi connectivity index (χ1) is 12.6. The van der Waals surface area contributed by atoms with Crippen molar-refractivity contribution in [3.63, 3.8) is 0 Å². The fourth-order valence-corrected chi connectivity index (χ4v) is 2.38. The van der Waals surface area contributed by atoms with Crippen LogP contribution in [0.25, 0.3) is 0 Å². The zero-order valence-corrected chi connectivity index (χ0v) is 14.5. The van der Waals surface area contributed by atoms with E-state index in [9.17, 15) is 9.18 Å². The predicted molar refractivity (Wildman–Crippen MR) is 99.2 cm³/mol. The molecule has 2 N–H and O–H groups in total. The van der Waals surface area contributed by atoms with Crippen molar-refractivity contribution in [3.8, 4) is 0 Å². The quantitative estimate of drug-likeness (QED) is 0.688. The van der Waals surface area contributed by atoms with Crippen LogP contribution >= 0.6 is 11.6 Å². The monoisotopic (exact) mass is 370 g/mol. The van der Waals surface area contributed by atoms with E-state index >= 15 is 0 Å². The number of hydrogen-bond acceptors (Lipinski definition) is 4. The van der Waals surface area contributed by atoms with Gasteiger partial charge in [-0.05, 0) is 48.4 Å². The van der Waals surface area contributed by atoms with Crippen LogP contribution in [0.3, 0.4) is 0 Å². The highest BCUT2D eigenvalue weighted by molar-refractivity contribution is 6.30. The summed E-state index contributed by atoms with van der Waals surface area (Å²) in [5, 5.41) is 6.49. The van der Waals surface area contributed by atoms with Gasteiger partial charge in [0.25, 0.3) is 5.91 Å². The third-order valence-electron chi connectivity index (χ3n) is 3.61. The van der Waals surface area contributed by atoms with Gasteiger partial charge in [0, 0.05) is 17.3 Å². The highest BCUT2D eigenvalue weighted by atomic mass is 35.5. The van der Waals surface area contributed by atoms with Crippen molar-refractivity contribution in [2.24, 2.45) is 0 Å². The van der Waals surface area contributed by atoms with Crippen LogP contribution in [0, 0.1) is 5.82 Å². The number of anilines is 2. The second-order valence-electron chi connectivity index (χ2n) is 5.55. The predicted octanol–water partition coefficient (Wildman–Crippen LogP) is 3.99. The van der Waals surface area contributed by atoms with E-state index in [1.807, 2.05) is 12.1 Å². The zero-order chi connectivity index (χ0) is 18.4. The average molecular weight is 371 g/mol. The maximum absolute atomic E-state index is 12.9. The van der Waals surface area contributed by atoms with Gasteiger partial charge in [-0.15, -0.1) is 0 Å². The Morgan fingerprint density at radius 3 is 2.38 bits per heavy atom. The summed E-state index contributed by atoms with van der Waals surface area (Å²) in [5.74, 6) is -0.0619. The molecule has 0 aliphatic rings. The number of aromatic nitrogens is 2. The van der Waals surface area contributed by atoms with Gasteiger partial charge in [-0.3, -0.25) is 4.79 Å². The van der Waals surface area contributed by atoms with Crippen molar-refractivity contribution in [2.75, 3.05) is 11.9 Å². The Balaban J connectivity index is 1.51. The SMILES string of the molecule is O=C(NCCc1ccc(F)cc1)c1cnc(Nc2ccc(Cl)cc2)cn1. The summed E-state index contributed by atoms with van der Waals surface area (Å²) in [6.45, 7) is 0.428. The fourth-order valence-electron chi connectivity index (χ4n) is 2.25. The zero-order valence-electron chi connectivity index (χ0n) is 13.7. The van der Waals surface area contributed by atoms with Gasteiger partial charge in [0.2, 0.25) is 0 Å². The Hall–Kier alpha value is -2.99. The molecule has 3 aromatic rings. The molecule has 1 amide bonds. The summed E-state index contributed by atoms with van der Waals surface area (Å²) in [5.41, 5.74) is 1.99. The van der Waals surface area contributed by atoms with Gasteiger partial charge < -0.3 is 10.6 Å². The summed E-state index contributed by atoms with van der Waals surface area (Å²) >= 11 is 5.84. The Morgan fingerprint density at radius 2 is 1.73 bits per heavy atom. The molecule has 1 aromatic heterocycles. The first kappa shape index (κ1) is 17.8. The number of carbonyl (C=O) groups excluding carboxylic acids is 1. The van der Waals surface area contributed by atoms with E-state index < -0.39 is 0 Å². The molecule has 0 atom stereocenters. The molecule has 0 bridgehead atoms. The van der Waals surface area contributed by atoms with Gasteiger partial charge in [-0.25, -0.2) is 14.4 Å². The third-order valence-corrected chi connectivity index (χ3v) is 3.87. The van der Waals surface area contributed by atoms with Crippen LogP contribution in [0.15, 0.2) is 60.9 Å². The summed E-state index contributed by atoms with van der Waals surface area (Å²) < 4.78 is 12.9. The molecule has 132 valence electrons. The third kappa shape index (κ3) is 5.00. The molecule has 0 aliphatic heterocycles. The molecule has 0 fully saturated rings. The minimum atomic E-state index is -0.308. The Labute approximate surface area is 155 Å². The standard InChI is InChI=1S/C19H16ClFN4O/c20-14-3-7-16(8-4-14)25-18-12-23-17(11-24-18)19(26)22-10-9-13-1-5-15(21)6-2-13/h1-8,11-12H,9-10H2,(H,22,26)(H,24,25). The average Bonchev–Trinajstić information content (AvgIpc) is 2.66. The maximum Gasteiger partial charge on any atom is 0.271 e. The van der Waals surface area contributed by atoms with Crippen molar-refractivity contribution >= 4 is 29.0 Å². The number of halogens is 2. The first-order valence-electron chi connectivity index (χ1n) is 7.97. The molecule has 3 rings (SSSR count). The van der Waals surface area contributed by atoms with Gasteiger partial charge in [0.1, 0.15) is 17.3 Å². The first-order valence-corrected chi connectivity index (χ1v) is 8.35. The van der Waals surface area contributed by atoms with E-state index in [1.54, 1.807) is 24.3 Å². The van der Waals surface area contributed by atoms with Crippen LogP contribution in [-0.4, -0.2) is 22.4 Å². The van der Waals surface area contributed by atoms with Gasteiger partial charge in [-0.1, -0.05) is 23.7 Å². The van der Waals surface area contributed by atoms with Crippen molar-refractivity contribution in [2.45, 2.75) is 6.42 Å². The summed E-state index contributed by atoms with van der Waals surface area (Å²) in [4.78, 5) is 20.4. The number of nitrogens with one attached hydrogen (secondary N) is 2. The van der Waals surface area contributed by atoms with E-state index in [1.165, 1.54) is 24.5 Å². The van der Waals surface area contributed by atoms with Crippen molar-refractivity contribution in [3.05, 3.63) is 83.0 Å². The molecule has 0 saturated carbocycles. The maximum atomic E-state index is 12.9. The van der Waals surface area contributed by atoms with Crippen LogP contribution in [0.1, 0.15) is 16.1 Å². The molecule has 7 heteroatoms. The molecule has 2 aromatic carbocycles. The number of amides is 1. The molecule has 1 heterocycles. The number of carbonyl (C=O) groups is 1. The second kappa shape index (κ2) is 8.40. The van der Waals surface area contributed by atoms with Crippen LogP contribution < -0.4 is 10.6 Å². The second-order valence-corrected chi connectivity index (χ2v) is 5.99. The number of rotatable bonds is 6. The van der Waals surface area contributed by atoms with Crippen molar-refractivity contribution < 1.29 is 9.18 Å². The summed E-state index contributed by atoms with van der Waals surface area (Å²) in [6.07, 6.45) is 3.50. The lowest BCUT2D eigenvalue weighted by Gasteiger charge is -2.07. The lowest BCUT2D eigenvalue weighted by atomic mass is 10.1. The van der Waals surface area contributed by atoms with Crippen LogP contribution in [0.2, 0.25) is 5.02 Å². The minimum absolute atomic E-state index is 0.228. The summed E-state index contributed by atoms with van der Waals surface area (Å²) in [6, 6.07) is 13.3. The molecular weight excluding hydrogens is 355 g/mol. The van der Waals surface area contributed by atoms with E-state index in [0.29, 0.717) is 23.8 Å². The molecule has 5 nitrogen and oxygen atoms in total. The van der Waals surface area contributed by atoms with Gasteiger partial charge in [0.05, 0.1) is 12.4 Å². The topological polar surface area (TPSA) is 66.9 Å². The van der Waals surface area contributed by atoms with Gasteiger partial charge >= 0.3 is 0 Å². The highest BCUT2D eigenvalue weighted by Crippen LogP contribution is 2.17. The molecule has 0 radical (unpaired) electrons. The van der Waals surface area contributed by atoms with Gasteiger partial charge in [0.15, 0.2) is 0 Å². The normalized spacial score (nSPS) is 10.4. The molecule has 0 saturated heterocycles. The Bertz CT molecular complexity index is 868. The van der Waals surface area contributed by atoms with Crippen LogP contribution in [-0.2, 0) is 6.42 Å². The van der Waals surface area contributed by atoms with Crippen molar-refractivity contribution in [1.29, 1.82) is 0 Å². The molecule has 26 heavy (non-hydrogen) atoms. The lowest BCUT2D eigenvalue weighted by Crippen LogP contribution is -2.26. The number of benzene rings is 2. The van der Waals surface area contributed by atoms with Crippen LogP contribution in [0.5, 0.6) is 0 Å². The largest absolute Gasteiger partial charge is 0.350 e. The van der Waals surface area contributed by atoms with Crippen LogP contribution in [0.4, 0.5) is 15.9 Å². The van der Waals surface area contributed by atoms with E-state index in [2.05, 4.69) is 20.6 Å². The van der Waals surface area contributed by atoms with Gasteiger partial charge in [-0.2, -0.15) is 0 Å². The fraction of sp³-hybridized carbons (Fsp3) is 0.105.